The van der Waals surface area contributed by atoms with Gasteiger partial charge in [-0.05, 0) is 36.1 Å². The Labute approximate surface area is 131 Å². The van der Waals surface area contributed by atoms with E-state index >= 15 is 0 Å². The molecule has 0 aliphatic carbocycles. The second-order valence-electron chi connectivity index (χ2n) is 6.37. The van der Waals surface area contributed by atoms with E-state index in [1.165, 1.54) is 24.3 Å². The van der Waals surface area contributed by atoms with E-state index < -0.39 is 9.84 Å². The Morgan fingerprint density at radius 2 is 1.76 bits per heavy atom. The van der Waals surface area contributed by atoms with Gasteiger partial charge < -0.3 is 5.32 Å². The van der Waals surface area contributed by atoms with Crippen LogP contribution in [0.2, 0.25) is 0 Å². The molecule has 0 fully saturated rings. The molecular formula is C15H22ClNO3S. The predicted octanol–water partition coefficient (Wildman–Crippen LogP) is 2.86. The maximum Gasteiger partial charge on any atom is 0.251 e. The van der Waals surface area contributed by atoms with Crippen molar-refractivity contribution in [1.82, 2.24) is 5.32 Å². The summed E-state index contributed by atoms with van der Waals surface area (Å²) in [7, 11) is -3.24. The zero-order valence-electron chi connectivity index (χ0n) is 12.8. The van der Waals surface area contributed by atoms with Gasteiger partial charge in [0.05, 0.1) is 10.3 Å². The molecule has 0 aromatic heterocycles. The van der Waals surface area contributed by atoms with Gasteiger partial charge in [0, 0.05) is 18.4 Å². The minimum atomic E-state index is -3.24. The maximum absolute atomic E-state index is 12.0. The van der Waals surface area contributed by atoms with Gasteiger partial charge in [-0.25, -0.2) is 8.42 Å². The lowest BCUT2D eigenvalue weighted by molar-refractivity contribution is 0.0952. The summed E-state index contributed by atoms with van der Waals surface area (Å²) in [4.78, 5) is 12.2. The van der Waals surface area contributed by atoms with Gasteiger partial charge in [0.15, 0.2) is 9.84 Å². The molecule has 0 saturated carbocycles. The number of benzene rings is 1. The highest BCUT2D eigenvalue weighted by Gasteiger charge is 2.17. The molecule has 0 saturated heterocycles. The van der Waals surface area contributed by atoms with Crippen molar-refractivity contribution in [3.63, 3.8) is 0 Å². The summed E-state index contributed by atoms with van der Waals surface area (Å²) < 4.78 is 22.7. The Balaban J connectivity index is 2.61. The molecule has 1 aromatic rings. The van der Waals surface area contributed by atoms with Crippen molar-refractivity contribution in [1.29, 1.82) is 0 Å². The number of hydrogen-bond donors (Lipinski definition) is 1. The first-order valence-corrected chi connectivity index (χ1v) is 9.04. The number of carbonyl (C=O) groups is 1. The molecule has 1 rings (SSSR count). The number of sulfone groups is 1. The molecule has 0 aliphatic heterocycles. The minimum Gasteiger partial charge on any atom is -0.351 e. The molecule has 0 radical (unpaired) electrons. The number of amides is 1. The van der Waals surface area contributed by atoms with Crippen LogP contribution in [-0.2, 0) is 9.84 Å². The zero-order valence-corrected chi connectivity index (χ0v) is 14.4. The Kier molecular flexibility index (Phi) is 5.82. The lowest BCUT2D eigenvalue weighted by atomic mass is 9.90. The molecule has 1 unspecified atom stereocenters. The maximum atomic E-state index is 12.0. The van der Waals surface area contributed by atoms with Crippen molar-refractivity contribution in [2.24, 2.45) is 5.41 Å². The van der Waals surface area contributed by atoms with Crippen LogP contribution in [-0.4, -0.2) is 32.5 Å². The third-order valence-electron chi connectivity index (χ3n) is 2.86. The van der Waals surface area contributed by atoms with Crippen LogP contribution in [0, 0.1) is 5.41 Å². The Morgan fingerprint density at radius 3 is 2.19 bits per heavy atom. The summed E-state index contributed by atoms with van der Waals surface area (Å²) in [5.74, 6) is -0.255. The molecule has 1 N–H and O–H groups in total. The van der Waals surface area contributed by atoms with Crippen molar-refractivity contribution in [2.75, 3.05) is 12.8 Å². The minimum absolute atomic E-state index is 0.105. The molecule has 1 aromatic carbocycles. The van der Waals surface area contributed by atoms with E-state index in [1.54, 1.807) is 0 Å². The monoisotopic (exact) mass is 331 g/mol. The van der Waals surface area contributed by atoms with E-state index in [2.05, 4.69) is 26.1 Å². The first-order chi connectivity index (χ1) is 9.49. The Morgan fingerprint density at radius 1 is 1.24 bits per heavy atom. The van der Waals surface area contributed by atoms with Crippen molar-refractivity contribution < 1.29 is 13.2 Å². The molecule has 118 valence electrons. The average molecular weight is 332 g/mol. The van der Waals surface area contributed by atoms with Crippen LogP contribution in [0.25, 0.3) is 0 Å². The van der Waals surface area contributed by atoms with Crippen LogP contribution >= 0.6 is 11.6 Å². The van der Waals surface area contributed by atoms with Crippen LogP contribution in [0.3, 0.4) is 0 Å². The number of carbonyl (C=O) groups excluding carboxylic acids is 1. The van der Waals surface area contributed by atoms with Crippen LogP contribution < -0.4 is 5.32 Å². The normalized spacial score (nSPS) is 13.8. The number of alkyl halides is 1. The van der Waals surface area contributed by atoms with E-state index in [0.29, 0.717) is 12.1 Å². The predicted molar refractivity (Wildman–Crippen MR) is 85.6 cm³/mol. The van der Waals surface area contributed by atoms with Crippen LogP contribution in [0.1, 0.15) is 37.6 Å². The highest BCUT2D eigenvalue weighted by Crippen LogP contribution is 2.23. The lowest BCUT2D eigenvalue weighted by Crippen LogP contribution is -2.31. The lowest BCUT2D eigenvalue weighted by Gasteiger charge is -2.22. The van der Waals surface area contributed by atoms with Crippen molar-refractivity contribution in [2.45, 2.75) is 37.5 Å². The third kappa shape index (κ3) is 6.48. The van der Waals surface area contributed by atoms with Gasteiger partial charge in [-0.2, -0.15) is 0 Å². The summed E-state index contributed by atoms with van der Waals surface area (Å²) in [5.41, 5.74) is 0.524. The summed E-state index contributed by atoms with van der Waals surface area (Å²) in [6.45, 7) is 6.65. The summed E-state index contributed by atoms with van der Waals surface area (Å²) in [6, 6.07) is 5.85. The smallest absolute Gasteiger partial charge is 0.251 e. The van der Waals surface area contributed by atoms with E-state index in [4.69, 9.17) is 11.6 Å². The largest absolute Gasteiger partial charge is 0.351 e. The van der Waals surface area contributed by atoms with Gasteiger partial charge in [0.2, 0.25) is 0 Å². The van der Waals surface area contributed by atoms with E-state index in [1.807, 2.05) is 0 Å². The van der Waals surface area contributed by atoms with Gasteiger partial charge in [0.25, 0.3) is 5.91 Å². The van der Waals surface area contributed by atoms with Crippen LogP contribution in [0.5, 0.6) is 0 Å². The molecule has 6 heteroatoms. The number of nitrogens with one attached hydrogen (secondary N) is 1. The molecule has 0 aliphatic rings. The second-order valence-corrected chi connectivity index (χ2v) is 9.00. The number of rotatable bonds is 5. The summed E-state index contributed by atoms with van der Waals surface area (Å²) >= 11 is 6.19. The topological polar surface area (TPSA) is 63.2 Å². The van der Waals surface area contributed by atoms with Crippen molar-refractivity contribution in [3.8, 4) is 0 Å². The van der Waals surface area contributed by atoms with E-state index in [9.17, 15) is 13.2 Å². The summed E-state index contributed by atoms with van der Waals surface area (Å²) in [6.07, 6.45) is 1.93. The van der Waals surface area contributed by atoms with Gasteiger partial charge in [-0.1, -0.05) is 20.8 Å². The number of hydrogen-bond acceptors (Lipinski definition) is 3. The van der Waals surface area contributed by atoms with Crippen molar-refractivity contribution in [3.05, 3.63) is 29.8 Å². The highest BCUT2D eigenvalue weighted by molar-refractivity contribution is 7.90. The quantitative estimate of drug-likeness (QED) is 0.844. The SMILES string of the molecule is CC(C)(C)CC(Cl)CNC(=O)c1ccc(S(C)(=O)=O)cc1. The zero-order chi connectivity index (χ0) is 16.3. The van der Waals surface area contributed by atoms with Gasteiger partial charge in [0.1, 0.15) is 0 Å². The fourth-order valence-electron chi connectivity index (χ4n) is 1.90. The second kappa shape index (κ2) is 6.79. The van der Waals surface area contributed by atoms with Gasteiger partial charge >= 0.3 is 0 Å². The molecule has 1 amide bonds. The fourth-order valence-corrected chi connectivity index (χ4v) is 3.07. The fraction of sp³-hybridized carbons (Fsp3) is 0.533. The summed E-state index contributed by atoms with van der Waals surface area (Å²) in [5, 5.41) is 2.62. The van der Waals surface area contributed by atoms with Crippen molar-refractivity contribution >= 4 is 27.3 Å². The molecule has 1 atom stereocenters. The number of halogens is 1. The Bertz CT molecular complexity index is 588. The van der Waals surface area contributed by atoms with Crippen LogP contribution in [0.4, 0.5) is 0 Å². The standard InChI is InChI=1S/C15H22ClNO3S/c1-15(2,3)9-12(16)10-17-14(18)11-5-7-13(8-6-11)21(4,19)20/h5-8,12H,9-10H2,1-4H3,(H,17,18). The molecule has 0 spiro atoms. The van der Waals surface area contributed by atoms with E-state index in [-0.39, 0.29) is 21.6 Å². The Hall–Kier alpha value is -1.07. The molecule has 21 heavy (non-hydrogen) atoms. The molecule has 0 heterocycles. The highest BCUT2D eigenvalue weighted by atomic mass is 35.5. The van der Waals surface area contributed by atoms with E-state index in [0.717, 1.165) is 12.7 Å². The molecular weight excluding hydrogens is 310 g/mol. The van der Waals surface area contributed by atoms with Gasteiger partial charge in [-0.3, -0.25) is 4.79 Å². The van der Waals surface area contributed by atoms with Crippen LogP contribution in [0.15, 0.2) is 29.2 Å². The van der Waals surface area contributed by atoms with Gasteiger partial charge in [-0.15, -0.1) is 11.6 Å². The first kappa shape index (κ1) is 18.0. The third-order valence-corrected chi connectivity index (χ3v) is 4.30. The molecule has 0 bridgehead atoms. The first-order valence-electron chi connectivity index (χ1n) is 6.71. The average Bonchev–Trinajstić information content (AvgIpc) is 2.33. The molecule has 4 nitrogen and oxygen atoms in total.